The van der Waals surface area contributed by atoms with Crippen molar-refractivity contribution in [3.63, 3.8) is 0 Å². The van der Waals surface area contributed by atoms with Crippen molar-refractivity contribution < 1.29 is 0 Å². The number of halogens is 1. The number of hydrogen-bond donors (Lipinski definition) is 1. The number of nitrogens with zero attached hydrogens (tertiary/aromatic N) is 2. The van der Waals surface area contributed by atoms with Crippen molar-refractivity contribution in [2.45, 2.75) is 38.1 Å². The van der Waals surface area contributed by atoms with E-state index in [1.165, 1.54) is 12.8 Å². The minimum absolute atomic E-state index is 0.0133. The Kier molecular flexibility index (Phi) is 3.64. The second-order valence-electron chi connectivity index (χ2n) is 4.81. The first-order valence-corrected chi connectivity index (χ1v) is 6.39. The average Bonchev–Trinajstić information content (AvgIpc) is 2.30. The molecule has 1 aromatic heterocycles. The molecular weight excluding hydrogens is 222 g/mol. The topological polar surface area (TPSA) is 37.8 Å². The molecule has 1 N–H and O–H groups in total. The predicted molar refractivity (Wildman–Crippen MR) is 66.7 cm³/mol. The largest absolute Gasteiger partial charge is 0.348 e. The lowest BCUT2D eigenvalue weighted by Gasteiger charge is -2.39. The van der Waals surface area contributed by atoms with Crippen LogP contribution in [0.4, 0.5) is 5.95 Å². The van der Waals surface area contributed by atoms with Gasteiger partial charge < -0.3 is 5.32 Å². The summed E-state index contributed by atoms with van der Waals surface area (Å²) >= 11 is 6.13. The summed E-state index contributed by atoms with van der Waals surface area (Å²) in [7, 11) is 0. The van der Waals surface area contributed by atoms with Gasteiger partial charge in [0, 0.05) is 18.3 Å². The third-order valence-corrected chi connectivity index (χ3v) is 3.80. The molecule has 0 amide bonds. The van der Waals surface area contributed by atoms with Gasteiger partial charge in [-0.05, 0) is 24.8 Å². The van der Waals surface area contributed by atoms with Gasteiger partial charge >= 0.3 is 0 Å². The van der Waals surface area contributed by atoms with Crippen LogP contribution < -0.4 is 5.32 Å². The van der Waals surface area contributed by atoms with E-state index in [0.29, 0.717) is 11.8 Å². The lowest BCUT2D eigenvalue weighted by atomic mass is 9.77. The number of anilines is 1. The van der Waals surface area contributed by atoms with Gasteiger partial charge in [0.2, 0.25) is 5.95 Å². The fourth-order valence-corrected chi connectivity index (χ4v) is 2.84. The molecule has 16 heavy (non-hydrogen) atoms. The van der Waals surface area contributed by atoms with Crippen molar-refractivity contribution in [3.05, 3.63) is 18.5 Å². The maximum atomic E-state index is 6.13. The lowest BCUT2D eigenvalue weighted by molar-refractivity contribution is 0.278. The number of hydrogen-bond acceptors (Lipinski definition) is 3. The van der Waals surface area contributed by atoms with E-state index < -0.39 is 0 Å². The summed E-state index contributed by atoms with van der Waals surface area (Å²) in [5.74, 6) is 2.04. The highest BCUT2D eigenvalue weighted by Gasteiger charge is 2.34. The highest BCUT2D eigenvalue weighted by Crippen LogP contribution is 2.35. The second kappa shape index (κ2) is 5.00. The Morgan fingerprint density at radius 2 is 2.25 bits per heavy atom. The van der Waals surface area contributed by atoms with E-state index in [2.05, 4.69) is 22.2 Å². The quantitative estimate of drug-likeness (QED) is 0.824. The van der Waals surface area contributed by atoms with Crippen LogP contribution in [0.25, 0.3) is 0 Å². The zero-order chi connectivity index (χ0) is 11.4. The predicted octanol–water partition coefficient (Wildman–Crippen LogP) is 3.08. The molecule has 0 aromatic carbocycles. The van der Waals surface area contributed by atoms with Gasteiger partial charge in [0.25, 0.3) is 0 Å². The Balaban J connectivity index is 2.10. The van der Waals surface area contributed by atoms with Crippen LogP contribution in [0.5, 0.6) is 0 Å². The normalized spacial score (nSPS) is 30.0. The molecule has 1 fully saturated rings. The molecular formula is C12H18ClN3. The molecule has 4 heteroatoms. The lowest BCUT2D eigenvalue weighted by Crippen LogP contribution is -2.44. The average molecular weight is 240 g/mol. The number of nitrogens with one attached hydrogen (secondary N) is 1. The van der Waals surface area contributed by atoms with E-state index in [0.717, 1.165) is 18.8 Å². The Bertz CT molecular complexity index is 330. The van der Waals surface area contributed by atoms with Gasteiger partial charge in [-0.1, -0.05) is 19.8 Å². The monoisotopic (exact) mass is 239 g/mol. The van der Waals surface area contributed by atoms with Crippen LogP contribution in [-0.4, -0.2) is 21.4 Å². The Morgan fingerprint density at radius 3 is 2.88 bits per heavy atom. The van der Waals surface area contributed by atoms with Crippen molar-refractivity contribution in [1.29, 1.82) is 0 Å². The summed E-state index contributed by atoms with van der Waals surface area (Å²) in [5, 5.41) is 3.42. The van der Waals surface area contributed by atoms with Gasteiger partial charge in [-0.2, -0.15) is 0 Å². The van der Waals surface area contributed by atoms with Crippen LogP contribution in [0.1, 0.15) is 32.6 Å². The zero-order valence-electron chi connectivity index (χ0n) is 9.62. The number of rotatable bonds is 3. The summed E-state index contributed by atoms with van der Waals surface area (Å²) in [4.78, 5) is 8.42. The van der Waals surface area contributed by atoms with Crippen LogP contribution in [-0.2, 0) is 0 Å². The number of aromatic nitrogens is 2. The van der Waals surface area contributed by atoms with Crippen molar-refractivity contribution in [2.24, 2.45) is 5.92 Å². The molecule has 1 aromatic rings. The molecule has 1 saturated carbocycles. The molecule has 2 rings (SSSR count). The molecule has 0 aliphatic heterocycles. The summed E-state index contributed by atoms with van der Waals surface area (Å²) < 4.78 is 0. The molecule has 1 heterocycles. The Hall–Kier alpha value is -0.830. The SMILES string of the molecule is CC1CCCC(CCl)(Nc2ncccn2)C1. The van der Waals surface area contributed by atoms with Crippen LogP contribution in [0, 0.1) is 5.92 Å². The Labute approximate surface area is 102 Å². The molecule has 1 aliphatic rings. The van der Waals surface area contributed by atoms with Gasteiger partial charge in [0.05, 0.1) is 5.54 Å². The molecule has 0 bridgehead atoms. The van der Waals surface area contributed by atoms with E-state index in [4.69, 9.17) is 11.6 Å². The molecule has 1 aliphatic carbocycles. The first kappa shape index (κ1) is 11.6. The fourth-order valence-electron chi connectivity index (χ4n) is 2.53. The van der Waals surface area contributed by atoms with Gasteiger partial charge in [-0.3, -0.25) is 0 Å². The highest BCUT2D eigenvalue weighted by atomic mass is 35.5. The highest BCUT2D eigenvalue weighted by molar-refractivity contribution is 6.18. The van der Waals surface area contributed by atoms with E-state index in [9.17, 15) is 0 Å². The molecule has 0 spiro atoms. The molecule has 2 unspecified atom stereocenters. The standard InChI is InChI=1S/C12H18ClN3/c1-10-4-2-5-12(8-10,9-13)16-11-14-6-3-7-15-11/h3,6-7,10H,2,4-5,8-9H2,1H3,(H,14,15,16). The third kappa shape index (κ3) is 2.64. The summed E-state index contributed by atoms with van der Waals surface area (Å²) in [5.41, 5.74) is -0.0133. The smallest absolute Gasteiger partial charge is 0.223 e. The minimum atomic E-state index is -0.0133. The van der Waals surface area contributed by atoms with Crippen molar-refractivity contribution in [1.82, 2.24) is 9.97 Å². The van der Waals surface area contributed by atoms with E-state index in [1.54, 1.807) is 12.4 Å². The fraction of sp³-hybridized carbons (Fsp3) is 0.667. The van der Waals surface area contributed by atoms with Crippen LogP contribution in [0.3, 0.4) is 0 Å². The van der Waals surface area contributed by atoms with Crippen LogP contribution >= 0.6 is 11.6 Å². The third-order valence-electron chi connectivity index (χ3n) is 3.29. The first-order chi connectivity index (χ1) is 7.74. The molecule has 88 valence electrons. The van der Waals surface area contributed by atoms with Gasteiger partial charge in [0.15, 0.2) is 0 Å². The van der Waals surface area contributed by atoms with Crippen molar-refractivity contribution in [2.75, 3.05) is 11.2 Å². The molecule has 2 atom stereocenters. The van der Waals surface area contributed by atoms with Crippen molar-refractivity contribution in [3.8, 4) is 0 Å². The van der Waals surface area contributed by atoms with E-state index in [-0.39, 0.29) is 5.54 Å². The molecule has 0 saturated heterocycles. The van der Waals surface area contributed by atoms with Gasteiger partial charge in [-0.25, -0.2) is 9.97 Å². The minimum Gasteiger partial charge on any atom is -0.348 e. The maximum absolute atomic E-state index is 6.13. The molecule has 0 radical (unpaired) electrons. The zero-order valence-corrected chi connectivity index (χ0v) is 10.4. The summed E-state index contributed by atoms with van der Waals surface area (Å²) in [6.07, 6.45) is 8.25. The first-order valence-electron chi connectivity index (χ1n) is 5.85. The van der Waals surface area contributed by atoms with E-state index >= 15 is 0 Å². The van der Waals surface area contributed by atoms with Crippen molar-refractivity contribution >= 4 is 17.5 Å². The molecule has 3 nitrogen and oxygen atoms in total. The van der Waals surface area contributed by atoms with Gasteiger partial charge in [-0.15, -0.1) is 11.6 Å². The second-order valence-corrected chi connectivity index (χ2v) is 5.08. The summed E-state index contributed by atoms with van der Waals surface area (Å²) in [6.45, 7) is 2.29. The van der Waals surface area contributed by atoms with E-state index in [1.807, 2.05) is 6.07 Å². The number of alkyl halides is 1. The van der Waals surface area contributed by atoms with Gasteiger partial charge in [0.1, 0.15) is 0 Å². The van der Waals surface area contributed by atoms with Crippen LogP contribution in [0.2, 0.25) is 0 Å². The Morgan fingerprint density at radius 1 is 1.50 bits per heavy atom. The van der Waals surface area contributed by atoms with Crippen LogP contribution in [0.15, 0.2) is 18.5 Å². The maximum Gasteiger partial charge on any atom is 0.223 e. The summed E-state index contributed by atoms with van der Waals surface area (Å²) in [6, 6.07) is 1.82.